The maximum absolute atomic E-state index is 13.6. The first-order valence-electron chi connectivity index (χ1n) is 15.4. The maximum atomic E-state index is 13.6. The normalized spacial score (nSPS) is 18.1. The van der Waals surface area contributed by atoms with Gasteiger partial charge in [0.1, 0.15) is 11.7 Å². The summed E-state index contributed by atoms with van der Waals surface area (Å²) in [7, 11) is -4.79. The number of anilines is 1. The molecule has 3 aromatic carbocycles. The molecule has 1 atom stereocenters. The highest BCUT2D eigenvalue weighted by Gasteiger charge is 2.46. The molecule has 16 heteroatoms. The molecular weight excluding hydrogens is 657 g/mol. The van der Waals surface area contributed by atoms with Gasteiger partial charge in [0.05, 0.1) is 34.5 Å². The molecule has 4 aromatic rings. The fourth-order valence-corrected chi connectivity index (χ4v) is 6.82. The van der Waals surface area contributed by atoms with Crippen LogP contribution in [-0.4, -0.2) is 95.0 Å². The maximum Gasteiger partial charge on any atom is 0.332 e. The van der Waals surface area contributed by atoms with E-state index in [4.69, 9.17) is 0 Å². The van der Waals surface area contributed by atoms with E-state index in [-0.39, 0.29) is 36.4 Å². The molecule has 4 heterocycles. The fourth-order valence-electron chi connectivity index (χ4n) is 6.36. The van der Waals surface area contributed by atoms with Gasteiger partial charge in [0.2, 0.25) is 11.8 Å². The van der Waals surface area contributed by atoms with Crippen LogP contribution >= 0.6 is 0 Å². The van der Waals surface area contributed by atoms with Crippen LogP contribution < -0.4 is 10.2 Å². The Kier molecular flexibility index (Phi) is 8.02. The molecule has 3 aliphatic rings. The van der Waals surface area contributed by atoms with Crippen LogP contribution in [0.25, 0.3) is 11.3 Å². The molecule has 250 valence electrons. The van der Waals surface area contributed by atoms with Crippen LogP contribution in [0.5, 0.6) is 0 Å². The second-order valence-electron chi connectivity index (χ2n) is 11.9. The van der Waals surface area contributed by atoms with Gasteiger partial charge in [-0.3, -0.25) is 34.2 Å². The van der Waals surface area contributed by atoms with Gasteiger partial charge >= 0.3 is 10.2 Å². The van der Waals surface area contributed by atoms with E-state index in [0.29, 0.717) is 54.3 Å². The molecule has 0 radical (unpaired) electrons. The number of imide groups is 2. The lowest BCUT2D eigenvalue weighted by Gasteiger charge is -2.37. The van der Waals surface area contributed by atoms with Crippen molar-refractivity contribution < 1.29 is 36.3 Å². The number of aromatic nitrogens is 3. The number of nitrogens with one attached hydrogen (secondary N) is 1. The van der Waals surface area contributed by atoms with Crippen LogP contribution in [0.3, 0.4) is 0 Å². The van der Waals surface area contributed by atoms with Gasteiger partial charge in [0.25, 0.3) is 17.7 Å². The Balaban J connectivity index is 1.01. The number of hydrogen-bond donors (Lipinski definition) is 1. The Labute approximate surface area is 279 Å². The molecule has 1 N–H and O–H groups in total. The second-order valence-corrected chi connectivity index (χ2v) is 13.2. The molecule has 1 unspecified atom stereocenters. The largest absolute Gasteiger partial charge is 0.367 e. The summed E-state index contributed by atoms with van der Waals surface area (Å²) in [6.07, 6.45) is 1.79. The van der Waals surface area contributed by atoms with Crippen LogP contribution in [-0.2, 0) is 26.4 Å². The van der Waals surface area contributed by atoms with Crippen molar-refractivity contribution in [1.82, 2.24) is 30.1 Å². The van der Waals surface area contributed by atoms with Crippen LogP contribution in [0, 0.1) is 0 Å². The van der Waals surface area contributed by atoms with Crippen molar-refractivity contribution >= 4 is 45.4 Å². The molecule has 0 bridgehead atoms. The SMILES string of the molecule is O=C1CCC(N2C(=O)c3cccc(N4CCN(C(=O)c5cccc(-c6cn(Cc7ccc(S(=O)(=O)F)cc7)nn6)c5)CC4)c3C2=O)C(=O)N1. The van der Waals surface area contributed by atoms with E-state index >= 15 is 0 Å². The topological polar surface area (TPSA) is 172 Å². The zero-order valence-electron chi connectivity index (χ0n) is 25.8. The molecule has 5 amide bonds. The summed E-state index contributed by atoms with van der Waals surface area (Å²) in [5, 5.41) is 10.5. The Morgan fingerprint density at radius 1 is 0.918 bits per heavy atom. The van der Waals surface area contributed by atoms with Gasteiger partial charge in [-0.2, -0.15) is 8.42 Å². The number of amides is 5. The molecule has 0 spiro atoms. The first-order chi connectivity index (χ1) is 23.5. The lowest BCUT2D eigenvalue weighted by molar-refractivity contribution is -0.136. The van der Waals surface area contributed by atoms with E-state index in [0.717, 1.165) is 4.90 Å². The van der Waals surface area contributed by atoms with E-state index in [2.05, 4.69) is 15.6 Å². The van der Waals surface area contributed by atoms with E-state index in [1.807, 2.05) is 4.90 Å². The van der Waals surface area contributed by atoms with Crippen molar-refractivity contribution in [3.63, 3.8) is 0 Å². The fraction of sp³-hybridized carbons (Fsp3) is 0.242. The van der Waals surface area contributed by atoms with Gasteiger partial charge in [-0.25, -0.2) is 4.68 Å². The van der Waals surface area contributed by atoms with E-state index in [1.165, 1.54) is 24.3 Å². The van der Waals surface area contributed by atoms with Gasteiger partial charge in [0, 0.05) is 43.7 Å². The number of piperidine rings is 1. The number of carbonyl (C=O) groups excluding carboxylic acids is 5. The lowest BCUT2D eigenvalue weighted by atomic mass is 10.0. The van der Waals surface area contributed by atoms with E-state index < -0.39 is 44.8 Å². The van der Waals surface area contributed by atoms with Gasteiger partial charge in [0.15, 0.2) is 0 Å². The van der Waals surface area contributed by atoms with Crippen molar-refractivity contribution in [3.05, 3.63) is 95.2 Å². The molecule has 0 saturated carbocycles. The minimum Gasteiger partial charge on any atom is -0.367 e. The minimum absolute atomic E-state index is 0.0331. The van der Waals surface area contributed by atoms with Crippen LogP contribution in [0.2, 0.25) is 0 Å². The summed E-state index contributed by atoms with van der Waals surface area (Å²) in [4.78, 5) is 68.6. The number of fused-ring (bicyclic) bond motifs is 1. The van der Waals surface area contributed by atoms with E-state index in [1.54, 1.807) is 58.2 Å². The van der Waals surface area contributed by atoms with Gasteiger partial charge < -0.3 is 9.80 Å². The third-order valence-corrected chi connectivity index (χ3v) is 9.68. The van der Waals surface area contributed by atoms with Crippen LogP contribution in [0.15, 0.2) is 77.8 Å². The van der Waals surface area contributed by atoms with Crippen molar-refractivity contribution in [2.45, 2.75) is 30.3 Å². The number of nitrogens with zero attached hydrogens (tertiary/aromatic N) is 6. The number of carbonyl (C=O) groups is 5. The molecule has 49 heavy (non-hydrogen) atoms. The first-order valence-corrected chi connectivity index (χ1v) is 16.8. The van der Waals surface area contributed by atoms with Crippen molar-refractivity contribution in [2.75, 3.05) is 31.1 Å². The summed E-state index contributed by atoms with van der Waals surface area (Å²) >= 11 is 0. The second kappa shape index (κ2) is 12.4. The summed E-state index contributed by atoms with van der Waals surface area (Å²) < 4.78 is 36.9. The quantitative estimate of drug-likeness (QED) is 0.224. The highest BCUT2D eigenvalue weighted by atomic mass is 32.3. The number of rotatable bonds is 7. The average molecular weight is 686 g/mol. The molecule has 2 fully saturated rings. The zero-order chi connectivity index (χ0) is 34.4. The molecule has 7 rings (SSSR count). The number of benzene rings is 3. The molecular formula is C33H28FN7O7S. The standard InChI is InChI=1S/C33H28FN7O7S/c34-49(47,48)23-9-7-20(8-10-23)18-40-19-25(36-37-40)21-3-1-4-22(17-21)31(44)39-15-13-38(14-16-39)26-6-2-5-24-29(26)33(46)41(32(24)45)27-11-12-28(42)35-30(27)43/h1-10,17,19,27H,11-16,18H2,(H,35,42,43). The molecule has 0 aliphatic carbocycles. The summed E-state index contributed by atoms with van der Waals surface area (Å²) in [5.41, 5.74) is 3.28. The Morgan fingerprint density at radius 2 is 1.65 bits per heavy atom. The number of piperazine rings is 1. The third kappa shape index (κ3) is 6.06. The lowest BCUT2D eigenvalue weighted by Crippen LogP contribution is -2.54. The average Bonchev–Trinajstić information content (AvgIpc) is 3.66. The smallest absolute Gasteiger partial charge is 0.332 e. The molecule has 14 nitrogen and oxygen atoms in total. The van der Waals surface area contributed by atoms with Crippen molar-refractivity contribution in [3.8, 4) is 11.3 Å². The first kappa shape index (κ1) is 31.8. The highest BCUT2D eigenvalue weighted by molar-refractivity contribution is 7.86. The predicted octanol–water partition coefficient (Wildman–Crippen LogP) is 2.02. The number of hydrogen-bond acceptors (Lipinski definition) is 10. The Morgan fingerprint density at radius 3 is 2.37 bits per heavy atom. The third-order valence-electron chi connectivity index (χ3n) is 8.85. The van der Waals surface area contributed by atoms with Crippen molar-refractivity contribution in [1.29, 1.82) is 0 Å². The van der Waals surface area contributed by atoms with Crippen molar-refractivity contribution in [2.24, 2.45) is 0 Å². The van der Waals surface area contributed by atoms with Gasteiger partial charge in [-0.15, -0.1) is 8.98 Å². The monoisotopic (exact) mass is 685 g/mol. The minimum atomic E-state index is -4.79. The Bertz CT molecular complexity index is 2140. The number of halogens is 1. The molecule has 3 aliphatic heterocycles. The zero-order valence-corrected chi connectivity index (χ0v) is 26.6. The predicted molar refractivity (Wildman–Crippen MR) is 171 cm³/mol. The summed E-state index contributed by atoms with van der Waals surface area (Å²) in [6.45, 7) is 1.76. The van der Waals surface area contributed by atoms with Gasteiger partial charge in [-0.1, -0.05) is 35.5 Å². The van der Waals surface area contributed by atoms with Crippen LogP contribution in [0.1, 0.15) is 49.5 Å². The van der Waals surface area contributed by atoms with Gasteiger partial charge in [-0.05, 0) is 48.4 Å². The molecule has 2 saturated heterocycles. The highest BCUT2D eigenvalue weighted by Crippen LogP contribution is 2.35. The Hall–Kier alpha value is -5.77. The van der Waals surface area contributed by atoms with Crippen LogP contribution in [0.4, 0.5) is 9.57 Å². The van der Waals surface area contributed by atoms with E-state index in [9.17, 15) is 36.3 Å². The summed E-state index contributed by atoms with van der Waals surface area (Å²) in [5.74, 6) is -2.46. The molecule has 1 aromatic heterocycles. The summed E-state index contributed by atoms with van der Waals surface area (Å²) in [6, 6.07) is 16.3.